The number of anilines is 2. The molecule has 0 aliphatic heterocycles. The second kappa shape index (κ2) is 8.71. The number of benzene rings is 2. The zero-order valence-corrected chi connectivity index (χ0v) is 15.2. The van der Waals surface area contributed by atoms with Crippen LogP contribution in [0.1, 0.15) is 16.1 Å². The van der Waals surface area contributed by atoms with Gasteiger partial charge in [-0.1, -0.05) is 24.3 Å². The Hall–Kier alpha value is -3.54. The molecule has 3 rings (SSSR count). The van der Waals surface area contributed by atoms with E-state index in [0.717, 1.165) is 16.9 Å². The molecule has 0 spiro atoms. The number of nitrogens with one attached hydrogen (secondary N) is 2. The van der Waals surface area contributed by atoms with Gasteiger partial charge in [-0.15, -0.1) is 0 Å². The van der Waals surface area contributed by atoms with E-state index >= 15 is 0 Å². The van der Waals surface area contributed by atoms with Gasteiger partial charge in [0.15, 0.2) is 11.5 Å². The molecule has 27 heavy (non-hydrogen) atoms. The maximum absolute atomic E-state index is 12.4. The van der Waals surface area contributed by atoms with E-state index in [-0.39, 0.29) is 5.91 Å². The van der Waals surface area contributed by atoms with Gasteiger partial charge in [0.25, 0.3) is 5.91 Å². The van der Waals surface area contributed by atoms with Crippen molar-refractivity contribution >= 4 is 17.3 Å². The van der Waals surface area contributed by atoms with Crippen LogP contribution < -0.4 is 20.1 Å². The maximum atomic E-state index is 12.4. The van der Waals surface area contributed by atoms with Gasteiger partial charge in [0.1, 0.15) is 5.69 Å². The Morgan fingerprint density at radius 2 is 1.70 bits per heavy atom. The van der Waals surface area contributed by atoms with Crippen LogP contribution in [0.2, 0.25) is 0 Å². The van der Waals surface area contributed by atoms with Gasteiger partial charge < -0.3 is 20.1 Å². The van der Waals surface area contributed by atoms with E-state index in [2.05, 4.69) is 15.6 Å². The van der Waals surface area contributed by atoms with Gasteiger partial charge in [0, 0.05) is 24.1 Å². The minimum absolute atomic E-state index is 0.249. The summed E-state index contributed by atoms with van der Waals surface area (Å²) in [5, 5.41) is 6.12. The van der Waals surface area contributed by atoms with Crippen LogP contribution >= 0.6 is 0 Å². The number of methoxy groups -OCH3 is 2. The lowest BCUT2D eigenvalue weighted by molar-refractivity contribution is 0.0946. The zero-order chi connectivity index (χ0) is 19.1. The first-order chi connectivity index (χ1) is 13.2. The molecule has 1 aromatic heterocycles. The largest absolute Gasteiger partial charge is 0.493 e. The van der Waals surface area contributed by atoms with Crippen molar-refractivity contribution in [2.45, 2.75) is 6.54 Å². The van der Waals surface area contributed by atoms with Crippen LogP contribution in [-0.2, 0) is 6.54 Å². The first-order valence-electron chi connectivity index (χ1n) is 8.47. The lowest BCUT2D eigenvalue weighted by atomic mass is 10.2. The highest BCUT2D eigenvalue weighted by atomic mass is 16.5. The Morgan fingerprint density at radius 3 is 2.44 bits per heavy atom. The molecule has 6 nitrogen and oxygen atoms in total. The summed E-state index contributed by atoms with van der Waals surface area (Å²) in [5.41, 5.74) is 2.99. The van der Waals surface area contributed by atoms with Crippen LogP contribution in [0.5, 0.6) is 11.5 Å². The Morgan fingerprint density at radius 1 is 0.926 bits per heavy atom. The molecule has 6 heteroatoms. The summed E-state index contributed by atoms with van der Waals surface area (Å²) in [6, 6.07) is 18.8. The van der Waals surface area contributed by atoms with Crippen molar-refractivity contribution in [3.8, 4) is 11.5 Å². The molecule has 0 aliphatic rings. The Bertz CT molecular complexity index is 914. The average molecular weight is 363 g/mol. The van der Waals surface area contributed by atoms with Crippen LogP contribution in [0.4, 0.5) is 11.4 Å². The van der Waals surface area contributed by atoms with Crippen LogP contribution in [0.25, 0.3) is 0 Å². The van der Waals surface area contributed by atoms with E-state index in [4.69, 9.17) is 9.47 Å². The fourth-order valence-electron chi connectivity index (χ4n) is 2.58. The summed E-state index contributed by atoms with van der Waals surface area (Å²) >= 11 is 0. The van der Waals surface area contributed by atoms with E-state index in [1.165, 1.54) is 0 Å². The minimum Gasteiger partial charge on any atom is -0.493 e. The second-order valence-corrected chi connectivity index (χ2v) is 5.79. The van der Waals surface area contributed by atoms with Crippen LogP contribution in [-0.4, -0.2) is 25.1 Å². The molecule has 1 heterocycles. The summed E-state index contributed by atoms with van der Waals surface area (Å²) in [7, 11) is 3.16. The minimum atomic E-state index is -0.249. The van der Waals surface area contributed by atoms with E-state index in [1.54, 1.807) is 26.5 Å². The topological polar surface area (TPSA) is 72.5 Å². The van der Waals surface area contributed by atoms with Gasteiger partial charge in [-0.25, -0.2) is 0 Å². The predicted octanol–water partition coefficient (Wildman–Crippen LogP) is 3.77. The summed E-state index contributed by atoms with van der Waals surface area (Å²) in [6.45, 7) is 0.358. The van der Waals surface area contributed by atoms with E-state index < -0.39 is 0 Å². The zero-order valence-electron chi connectivity index (χ0n) is 15.2. The molecular weight excluding hydrogens is 342 g/mol. The summed E-state index contributed by atoms with van der Waals surface area (Å²) in [4.78, 5) is 16.6. The maximum Gasteiger partial charge on any atom is 0.270 e. The number of amides is 1. The fraction of sp³-hybridized carbons (Fsp3) is 0.143. The number of carbonyl (C=O) groups is 1. The molecule has 0 aliphatic carbocycles. The molecule has 0 fully saturated rings. The number of aromatic nitrogens is 1. The standard InChI is InChI=1S/C21H21N3O3/c1-26-19-9-8-15(12-20(19)27-2)14-23-21(25)18-13-17(10-11-22-18)24-16-6-4-3-5-7-16/h3-13H,14H2,1-2H3,(H,22,24)(H,23,25). The van der Waals surface area contributed by atoms with Gasteiger partial charge in [0.2, 0.25) is 0 Å². The van der Waals surface area contributed by atoms with Crippen LogP contribution in [0.3, 0.4) is 0 Å². The summed E-state index contributed by atoms with van der Waals surface area (Å²) in [6.07, 6.45) is 1.61. The highest BCUT2D eigenvalue weighted by Crippen LogP contribution is 2.27. The van der Waals surface area contributed by atoms with Crippen molar-refractivity contribution in [3.63, 3.8) is 0 Å². The Kier molecular flexibility index (Phi) is 5.89. The van der Waals surface area contributed by atoms with Crippen LogP contribution in [0, 0.1) is 0 Å². The molecule has 2 N–H and O–H groups in total. The predicted molar refractivity (Wildman–Crippen MR) is 105 cm³/mol. The summed E-state index contributed by atoms with van der Waals surface area (Å²) < 4.78 is 10.5. The van der Waals surface area contributed by atoms with Crippen LogP contribution in [0.15, 0.2) is 66.9 Å². The number of para-hydroxylation sites is 1. The SMILES string of the molecule is COc1ccc(CNC(=O)c2cc(Nc3ccccc3)ccn2)cc1OC. The first-order valence-corrected chi connectivity index (χ1v) is 8.47. The lowest BCUT2D eigenvalue weighted by Crippen LogP contribution is -2.23. The van der Waals surface area contributed by atoms with Gasteiger partial charge in [-0.3, -0.25) is 9.78 Å². The molecule has 0 bridgehead atoms. The second-order valence-electron chi connectivity index (χ2n) is 5.79. The monoisotopic (exact) mass is 363 g/mol. The van der Waals surface area contributed by atoms with Crippen molar-refractivity contribution in [1.29, 1.82) is 0 Å². The van der Waals surface area contributed by atoms with Gasteiger partial charge in [-0.05, 0) is 42.0 Å². The van der Waals surface area contributed by atoms with Crippen molar-refractivity contribution in [3.05, 3.63) is 78.1 Å². The van der Waals surface area contributed by atoms with Crippen molar-refractivity contribution in [2.75, 3.05) is 19.5 Å². The summed E-state index contributed by atoms with van der Waals surface area (Å²) in [5.74, 6) is 1.02. The van der Waals surface area contributed by atoms with Crippen molar-refractivity contribution in [2.24, 2.45) is 0 Å². The Balaban J connectivity index is 1.65. The van der Waals surface area contributed by atoms with Gasteiger partial charge in [-0.2, -0.15) is 0 Å². The number of carbonyl (C=O) groups excluding carboxylic acids is 1. The van der Waals surface area contributed by atoms with Crippen molar-refractivity contribution < 1.29 is 14.3 Å². The third-order valence-electron chi connectivity index (χ3n) is 3.96. The number of pyridine rings is 1. The molecule has 0 saturated carbocycles. The number of rotatable bonds is 7. The highest BCUT2D eigenvalue weighted by molar-refractivity contribution is 5.93. The molecule has 0 unspecified atom stereocenters. The Labute approximate surface area is 158 Å². The fourth-order valence-corrected chi connectivity index (χ4v) is 2.58. The lowest BCUT2D eigenvalue weighted by Gasteiger charge is -2.11. The van der Waals surface area contributed by atoms with E-state index in [1.807, 2.05) is 54.6 Å². The highest BCUT2D eigenvalue weighted by Gasteiger charge is 2.10. The first kappa shape index (κ1) is 18.3. The molecule has 1 amide bonds. The molecule has 138 valence electrons. The molecule has 0 radical (unpaired) electrons. The van der Waals surface area contributed by atoms with E-state index in [9.17, 15) is 4.79 Å². The van der Waals surface area contributed by atoms with Crippen molar-refractivity contribution in [1.82, 2.24) is 10.3 Å². The number of nitrogens with zero attached hydrogens (tertiary/aromatic N) is 1. The smallest absolute Gasteiger partial charge is 0.270 e. The average Bonchev–Trinajstić information content (AvgIpc) is 2.72. The normalized spacial score (nSPS) is 10.1. The third-order valence-corrected chi connectivity index (χ3v) is 3.96. The molecule has 0 saturated heterocycles. The molecular formula is C21H21N3O3. The number of hydrogen-bond acceptors (Lipinski definition) is 5. The third kappa shape index (κ3) is 4.76. The molecule has 2 aromatic carbocycles. The number of hydrogen-bond donors (Lipinski definition) is 2. The number of ether oxygens (including phenoxy) is 2. The quantitative estimate of drug-likeness (QED) is 0.668. The molecule has 0 atom stereocenters. The van der Waals surface area contributed by atoms with Gasteiger partial charge >= 0.3 is 0 Å². The van der Waals surface area contributed by atoms with E-state index in [0.29, 0.717) is 23.7 Å². The van der Waals surface area contributed by atoms with Gasteiger partial charge in [0.05, 0.1) is 14.2 Å². The molecule has 3 aromatic rings.